The van der Waals surface area contributed by atoms with Crippen molar-refractivity contribution in [2.45, 2.75) is 45.0 Å². The molecular formula is C26H25F4O6S2+. The summed E-state index contributed by atoms with van der Waals surface area (Å²) in [6, 6.07) is 24.1. The van der Waals surface area contributed by atoms with Crippen LogP contribution >= 0.6 is 0 Å². The van der Waals surface area contributed by atoms with Crippen LogP contribution in [0.2, 0.25) is 0 Å². The number of halogens is 4. The average molecular weight is 574 g/mol. The molecule has 6 nitrogen and oxygen atoms in total. The number of benzene rings is 3. The topological polar surface area (TPSA) is 82.1 Å². The number of ether oxygens (including phenoxy) is 3. The van der Waals surface area contributed by atoms with Gasteiger partial charge in [-0.15, -0.1) is 0 Å². The van der Waals surface area contributed by atoms with Crippen LogP contribution in [0.5, 0.6) is 5.75 Å². The summed E-state index contributed by atoms with van der Waals surface area (Å²) in [5.41, 5.74) is 0.885. The lowest BCUT2D eigenvalue weighted by Crippen LogP contribution is -2.47. The Labute approximate surface area is 220 Å². The highest BCUT2D eigenvalue weighted by Gasteiger charge is 2.65. The molecule has 38 heavy (non-hydrogen) atoms. The Bertz CT molecular complexity index is 1330. The average Bonchev–Trinajstić information content (AvgIpc) is 3.33. The van der Waals surface area contributed by atoms with Gasteiger partial charge in [-0.1, -0.05) is 18.2 Å². The summed E-state index contributed by atoms with van der Waals surface area (Å²) in [7, 11) is -6.82. The summed E-state index contributed by atoms with van der Waals surface area (Å²) >= 11 is 0. The van der Waals surface area contributed by atoms with Crippen LogP contribution in [-0.4, -0.2) is 44.0 Å². The fourth-order valence-corrected chi connectivity index (χ4v) is 6.38. The Balaban J connectivity index is 1.51. The molecule has 1 saturated heterocycles. The molecule has 3 aromatic carbocycles. The Morgan fingerprint density at radius 2 is 1.37 bits per heavy atom. The first-order valence-corrected chi connectivity index (χ1v) is 14.1. The van der Waals surface area contributed by atoms with Crippen molar-refractivity contribution < 1.29 is 44.7 Å². The minimum atomic E-state index is -6.29. The van der Waals surface area contributed by atoms with Crippen LogP contribution in [0.1, 0.15) is 18.9 Å². The second kappa shape index (κ2) is 10.9. The number of alkyl halides is 4. The molecule has 204 valence electrons. The summed E-state index contributed by atoms with van der Waals surface area (Å²) in [4.78, 5) is 2.92. The summed E-state index contributed by atoms with van der Waals surface area (Å²) in [6.07, 6.45) is -1.62. The van der Waals surface area contributed by atoms with Crippen LogP contribution < -0.4 is 4.74 Å². The third-order valence-corrected chi connectivity index (χ3v) is 9.10. The molecule has 1 aliphatic rings. The van der Waals surface area contributed by atoms with Gasteiger partial charge in [0.2, 0.25) is 0 Å². The third kappa shape index (κ3) is 5.84. The highest BCUT2D eigenvalue weighted by Crippen LogP contribution is 2.41. The highest BCUT2D eigenvalue weighted by atomic mass is 32.2. The Morgan fingerprint density at radius 3 is 1.89 bits per heavy atom. The molecule has 0 radical (unpaired) electrons. The van der Waals surface area contributed by atoms with Crippen molar-refractivity contribution in [2.24, 2.45) is 0 Å². The largest absolute Gasteiger partial charge is 0.493 e. The summed E-state index contributed by atoms with van der Waals surface area (Å²) in [5, 5.41) is -5.62. The van der Waals surface area contributed by atoms with Crippen molar-refractivity contribution in [2.75, 3.05) is 19.8 Å². The number of hydrogen-bond acceptors (Lipinski definition) is 5. The molecule has 3 aromatic rings. The summed E-state index contributed by atoms with van der Waals surface area (Å²) in [5.74, 6) is -5.68. The lowest BCUT2D eigenvalue weighted by molar-refractivity contribution is -0.167. The van der Waals surface area contributed by atoms with Gasteiger partial charge in [0.25, 0.3) is 0 Å². The van der Waals surface area contributed by atoms with E-state index in [-0.39, 0.29) is 5.75 Å². The predicted molar refractivity (Wildman–Crippen MR) is 132 cm³/mol. The van der Waals surface area contributed by atoms with E-state index in [1.165, 1.54) is 12.1 Å². The Morgan fingerprint density at radius 1 is 0.868 bits per heavy atom. The zero-order valence-corrected chi connectivity index (χ0v) is 21.8. The molecular weight excluding hydrogens is 548 g/mol. The molecule has 1 N–H and O–H groups in total. The van der Waals surface area contributed by atoms with Gasteiger partial charge in [0, 0.05) is 5.56 Å². The third-order valence-electron chi connectivity index (χ3n) is 5.93. The Hall–Kier alpha value is -2.64. The van der Waals surface area contributed by atoms with Crippen LogP contribution in [0.15, 0.2) is 93.5 Å². The zero-order chi connectivity index (χ0) is 27.6. The molecule has 0 aliphatic carbocycles. The van der Waals surface area contributed by atoms with Crippen molar-refractivity contribution in [1.29, 1.82) is 0 Å². The van der Waals surface area contributed by atoms with Crippen LogP contribution in [0.25, 0.3) is 0 Å². The van der Waals surface area contributed by atoms with Gasteiger partial charge in [0.05, 0.1) is 37.1 Å². The lowest BCUT2D eigenvalue weighted by Gasteiger charge is -2.23. The van der Waals surface area contributed by atoms with Crippen molar-refractivity contribution in [1.82, 2.24) is 0 Å². The van der Waals surface area contributed by atoms with E-state index in [2.05, 4.69) is 0 Å². The van der Waals surface area contributed by atoms with Crippen molar-refractivity contribution >= 4 is 21.0 Å². The smallest absolute Gasteiger partial charge is 0.431 e. The molecule has 4 rings (SSSR count). The summed E-state index contributed by atoms with van der Waals surface area (Å²) < 4.78 is 101. The van der Waals surface area contributed by atoms with E-state index >= 15 is 0 Å². The quantitative estimate of drug-likeness (QED) is 0.185. The molecule has 1 fully saturated rings. The fourth-order valence-electron chi connectivity index (χ4n) is 3.84. The van der Waals surface area contributed by atoms with Crippen LogP contribution in [-0.2, 0) is 36.3 Å². The minimum absolute atomic E-state index is 0.134. The fraction of sp³-hybridized carbons (Fsp3) is 0.308. The molecule has 0 bridgehead atoms. The van der Waals surface area contributed by atoms with Crippen molar-refractivity contribution in [3.05, 3.63) is 84.4 Å². The van der Waals surface area contributed by atoms with Gasteiger partial charge < -0.3 is 14.2 Å². The minimum Gasteiger partial charge on any atom is -0.493 e. The second-order valence-corrected chi connectivity index (χ2v) is 12.0. The molecule has 1 unspecified atom stereocenters. The van der Waals surface area contributed by atoms with Crippen molar-refractivity contribution in [3.8, 4) is 5.75 Å². The van der Waals surface area contributed by atoms with E-state index in [9.17, 15) is 26.0 Å². The van der Waals surface area contributed by atoms with Gasteiger partial charge in [-0.3, -0.25) is 4.55 Å². The van der Waals surface area contributed by atoms with Gasteiger partial charge >= 0.3 is 21.3 Å². The van der Waals surface area contributed by atoms with E-state index in [0.29, 0.717) is 13.2 Å². The maximum Gasteiger partial charge on any atom is 0.431 e. The van der Waals surface area contributed by atoms with Crippen LogP contribution in [0.4, 0.5) is 17.6 Å². The molecule has 0 saturated carbocycles. The molecule has 1 aliphatic heterocycles. The second-order valence-electron chi connectivity index (χ2n) is 8.55. The van der Waals surface area contributed by atoms with E-state index in [1.807, 2.05) is 61.5 Å². The molecule has 0 amide bonds. The van der Waals surface area contributed by atoms with Crippen LogP contribution in [0, 0.1) is 0 Å². The highest BCUT2D eigenvalue weighted by molar-refractivity contribution is 7.97. The standard InChI is InChI=1S/C26H24F4O6S2/c1-24(35-17-18-36-24)19-7-11-22(12-8-19)37(21-5-3-2-4-6-21)23-13-9-20(10-14-23)34-16-15-25(27,28)26(29,30)38(31,32)33/h2-14H,15-18H2,1H3/p+1. The van der Waals surface area contributed by atoms with Crippen LogP contribution in [0.3, 0.4) is 0 Å². The van der Waals surface area contributed by atoms with Gasteiger partial charge in [-0.05, 0) is 67.6 Å². The molecule has 0 aromatic heterocycles. The van der Waals surface area contributed by atoms with E-state index in [1.54, 1.807) is 12.1 Å². The lowest BCUT2D eigenvalue weighted by atomic mass is 10.1. The van der Waals surface area contributed by atoms with Crippen molar-refractivity contribution in [3.63, 3.8) is 0 Å². The zero-order valence-electron chi connectivity index (χ0n) is 20.2. The first kappa shape index (κ1) is 28.4. The maximum absolute atomic E-state index is 13.7. The normalized spacial score (nSPS) is 16.8. The first-order valence-electron chi connectivity index (χ1n) is 11.5. The van der Waals surface area contributed by atoms with E-state index < -0.39 is 51.0 Å². The molecule has 1 atom stereocenters. The predicted octanol–water partition coefficient (Wildman–Crippen LogP) is 5.89. The molecule has 0 spiro atoms. The number of hydrogen-bond donors (Lipinski definition) is 1. The monoisotopic (exact) mass is 573 g/mol. The van der Waals surface area contributed by atoms with Gasteiger partial charge in [-0.2, -0.15) is 26.0 Å². The van der Waals surface area contributed by atoms with E-state index in [0.717, 1.165) is 20.2 Å². The van der Waals surface area contributed by atoms with Gasteiger partial charge in [0.15, 0.2) is 20.5 Å². The summed E-state index contributed by atoms with van der Waals surface area (Å²) in [6.45, 7) is 2.00. The van der Waals surface area contributed by atoms with E-state index in [4.69, 9.17) is 18.8 Å². The number of rotatable bonds is 10. The first-order chi connectivity index (χ1) is 17.8. The Kier molecular flexibility index (Phi) is 8.10. The van der Waals surface area contributed by atoms with Gasteiger partial charge in [0.1, 0.15) is 5.75 Å². The maximum atomic E-state index is 13.7. The molecule has 1 heterocycles. The molecule has 12 heteroatoms. The van der Waals surface area contributed by atoms with Gasteiger partial charge in [-0.25, -0.2) is 0 Å². The SMILES string of the molecule is CC1(c2ccc([S+](c3ccccc3)c3ccc(OCCC(F)(F)C(F)(F)S(=O)(=O)O)cc3)cc2)OCCO1.